The number of hydrogen-bond acceptors (Lipinski definition) is 1. The minimum absolute atomic E-state index is 0.681. The van der Waals surface area contributed by atoms with E-state index >= 15 is 0 Å². The summed E-state index contributed by atoms with van der Waals surface area (Å²) in [6.07, 6.45) is 1.65. The van der Waals surface area contributed by atoms with E-state index in [9.17, 15) is 0 Å². The summed E-state index contributed by atoms with van der Waals surface area (Å²) in [5.74, 6) is 0. The first kappa shape index (κ1) is 7.43. The van der Waals surface area contributed by atoms with E-state index in [4.69, 9.17) is 12.2 Å². The molecule has 0 fully saturated rings. The minimum atomic E-state index is 0.681. The molecule has 0 atom stereocenters. The van der Waals surface area contributed by atoms with Gasteiger partial charge < -0.3 is 10.2 Å². The molecule has 1 N–H and O–H groups in total. The van der Waals surface area contributed by atoms with Gasteiger partial charge in [0, 0.05) is 14.1 Å². The molecular formula is C5H10N2S. The zero-order valence-corrected chi connectivity index (χ0v) is 5.96. The topological polar surface area (TPSA) is 15.3 Å². The number of rotatable bonds is 1. The summed E-state index contributed by atoms with van der Waals surface area (Å²) in [7, 11) is 3.62. The molecule has 0 saturated carbocycles. The maximum atomic E-state index is 4.82. The third-order valence-electron chi connectivity index (χ3n) is 0.808. The second-order valence-corrected chi connectivity index (χ2v) is 1.74. The summed E-state index contributed by atoms with van der Waals surface area (Å²) in [5, 5.41) is 3.48. The monoisotopic (exact) mass is 130 g/mol. The Labute approximate surface area is 55.2 Å². The van der Waals surface area contributed by atoms with Crippen molar-refractivity contribution in [1.82, 2.24) is 10.2 Å². The zero-order chi connectivity index (χ0) is 6.57. The molecule has 0 aliphatic heterocycles. The molecule has 0 amide bonds. The summed E-state index contributed by atoms with van der Waals surface area (Å²) in [4.78, 5) is 1.73. The summed E-state index contributed by atoms with van der Waals surface area (Å²) >= 11 is 4.82. The summed E-state index contributed by atoms with van der Waals surface area (Å²) < 4.78 is 0. The van der Waals surface area contributed by atoms with Gasteiger partial charge in [-0.05, 0) is 18.4 Å². The van der Waals surface area contributed by atoms with Crippen LogP contribution >= 0.6 is 12.2 Å². The van der Waals surface area contributed by atoms with Gasteiger partial charge in [-0.25, -0.2) is 0 Å². The first-order valence-electron chi connectivity index (χ1n) is 2.29. The first-order chi connectivity index (χ1) is 3.72. The molecule has 0 aliphatic rings. The average molecular weight is 130 g/mol. The highest BCUT2D eigenvalue weighted by Gasteiger charge is 1.91. The molecule has 0 aromatic rings. The van der Waals surface area contributed by atoms with Gasteiger partial charge >= 0.3 is 0 Å². The van der Waals surface area contributed by atoms with Crippen molar-refractivity contribution in [1.29, 1.82) is 0 Å². The van der Waals surface area contributed by atoms with Gasteiger partial charge in [-0.1, -0.05) is 6.58 Å². The van der Waals surface area contributed by atoms with E-state index < -0.39 is 0 Å². The van der Waals surface area contributed by atoms with E-state index in [0.717, 1.165) is 0 Å². The van der Waals surface area contributed by atoms with Gasteiger partial charge in [-0.2, -0.15) is 0 Å². The third kappa shape index (κ3) is 1.93. The Morgan fingerprint density at radius 1 is 1.88 bits per heavy atom. The van der Waals surface area contributed by atoms with Crippen LogP contribution in [0.2, 0.25) is 0 Å². The molecule has 0 bridgehead atoms. The molecule has 0 aromatic heterocycles. The van der Waals surface area contributed by atoms with Crippen molar-refractivity contribution in [2.24, 2.45) is 0 Å². The van der Waals surface area contributed by atoms with Gasteiger partial charge in [0.2, 0.25) is 0 Å². The fourth-order valence-corrected chi connectivity index (χ4v) is 0.334. The summed E-state index contributed by atoms with van der Waals surface area (Å²) in [5.41, 5.74) is 0. The van der Waals surface area contributed by atoms with Crippen LogP contribution in [0.1, 0.15) is 0 Å². The van der Waals surface area contributed by atoms with E-state index in [1.165, 1.54) is 0 Å². The quantitative estimate of drug-likeness (QED) is 0.522. The Morgan fingerprint density at radius 3 is 2.50 bits per heavy atom. The molecule has 0 radical (unpaired) electrons. The van der Waals surface area contributed by atoms with E-state index in [-0.39, 0.29) is 0 Å². The second kappa shape index (κ2) is 3.43. The highest BCUT2D eigenvalue weighted by molar-refractivity contribution is 7.80. The van der Waals surface area contributed by atoms with E-state index in [2.05, 4.69) is 11.9 Å². The van der Waals surface area contributed by atoms with Gasteiger partial charge in [0.25, 0.3) is 0 Å². The molecule has 3 heteroatoms. The summed E-state index contributed by atoms with van der Waals surface area (Å²) in [6, 6.07) is 0. The molecular weight excluding hydrogens is 120 g/mol. The van der Waals surface area contributed by atoms with Crippen LogP contribution in [-0.4, -0.2) is 24.1 Å². The van der Waals surface area contributed by atoms with Gasteiger partial charge in [0.05, 0.1) is 0 Å². The summed E-state index contributed by atoms with van der Waals surface area (Å²) in [6.45, 7) is 3.53. The second-order valence-electron chi connectivity index (χ2n) is 1.35. The maximum Gasteiger partial charge on any atom is 0.172 e. The van der Waals surface area contributed by atoms with Crippen molar-refractivity contribution < 1.29 is 0 Å². The molecule has 8 heavy (non-hydrogen) atoms. The molecule has 46 valence electrons. The van der Waals surface area contributed by atoms with E-state index in [1.54, 1.807) is 18.1 Å². The van der Waals surface area contributed by atoms with Gasteiger partial charge in [0.1, 0.15) is 0 Å². The normalized spacial score (nSPS) is 7.75. The van der Waals surface area contributed by atoms with Crippen LogP contribution in [0.3, 0.4) is 0 Å². The van der Waals surface area contributed by atoms with Crippen LogP contribution in [0.15, 0.2) is 12.8 Å². The average Bonchev–Trinajstić information content (AvgIpc) is 1.84. The Hall–Kier alpha value is -0.570. The smallest absolute Gasteiger partial charge is 0.172 e. The Bertz CT molecular complexity index is 101. The molecule has 0 spiro atoms. The number of hydrogen-bond donors (Lipinski definition) is 1. The van der Waals surface area contributed by atoms with Crippen molar-refractivity contribution >= 4 is 17.3 Å². The van der Waals surface area contributed by atoms with E-state index in [0.29, 0.717) is 5.11 Å². The lowest BCUT2D eigenvalue weighted by Crippen LogP contribution is -2.30. The SMILES string of the molecule is C=CN(C)C(=S)NC. The van der Waals surface area contributed by atoms with Crippen LogP contribution < -0.4 is 5.32 Å². The van der Waals surface area contributed by atoms with Crippen LogP contribution in [0.5, 0.6) is 0 Å². The van der Waals surface area contributed by atoms with Crippen LogP contribution in [-0.2, 0) is 0 Å². The predicted octanol–water partition coefficient (Wildman–Crippen LogP) is 0.566. The van der Waals surface area contributed by atoms with Crippen molar-refractivity contribution in [3.8, 4) is 0 Å². The molecule has 2 nitrogen and oxygen atoms in total. The molecule has 0 aliphatic carbocycles. The standard InChI is InChI=1S/C5H10N2S/c1-4-7(3)5(8)6-2/h4H,1H2,2-3H3,(H,6,8). The lowest BCUT2D eigenvalue weighted by atomic mass is 10.8. The fraction of sp³-hybridized carbons (Fsp3) is 0.400. The third-order valence-corrected chi connectivity index (χ3v) is 1.30. The Balaban J connectivity index is 3.62. The van der Waals surface area contributed by atoms with Gasteiger partial charge in [0.15, 0.2) is 5.11 Å². The number of nitrogens with one attached hydrogen (secondary N) is 1. The van der Waals surface area contributed by atoms with Crippen LogP contribution in [0.4, 0.5) is 0 Å². The number of thiocarbonyl (C=S) groups is 1. The molecule has 0 rings (SSSR count). The van der Waals surface area contributed by atoms with Gasteiger partial charge in [-0.3, -0.25) is 0 Å². The van der Waals surface area contributed by atoms with Crippen LogP contribution in [0.25, 0.3) is 0 Å². The largest absolute Gasteiger partial charge is 0.365 e. The maximum absolute atomic E-state index is 4.82. The molecule has 0 saturated heterocycles. The highest BCUT2D eigenvalue weighted by Crippen LogP contribution is 1.80. The molecule has 0 heterocycles. The lowest BCUT2D eigenvalue weighted by Gasteiger charge is -2.12. The fourth-order valence-electron chi connectivity index (χ4n) is 0.259. The lowest BCUT2D eigenvalue weighted by molar-refractivity contribution is 0.677. The van der Waals surface area contributed by atoms with Crippen molar-refractivity contribution in [3.05, 3.63) is 12.8 Å². The van der Waals surface area contributed by atoms with Gasteiger partial charge in [-0.15, -0.1) is 0 Å². The highest BCUT2D eigenvalue weighted by atomic mass is 32.1. The first-order valence-corrected chi connectivity index (χ1v) is 2.70. The van der Waals surface area contributed by atoms with E-state index in [1.807, 2.05) is 7.05 Å². The molecule has 0 unspecified atom stereocenters. The minimum Gasteiger partial charge on any atom is -0.365 e. The van der Waals surface area contributed by atoms with Crippen molar-refractivity contribution in [2.45, 2.75) is 0 Å². The Kier molecular flexibility index (Phi) is 3.19. The van der Waals surface area contributed by atoms with Crippen molar-refractivity contribution in [3.63, 3.8) is 0 Å². The predicted molar refractivity (Wildman–Crippen MR) is 39.6 cm³/mol. The van der Waals surface area contributed by atoms with Crippen LogP contribution in [0, 0.1) is 0 Å². The molecule has 0 aromatic carbocycles. The Morgan fingerprint density at radius 2 is 2.38 bits per heavy atom. The zero-order valence-electron chi connectivity index (χ0n) is 5.14. The van der Waals surface area contributed by atoms with Crippen molar-refractivity contribution in [2.75, 3.05) is 14.1 Å². The number of nitrogens with zero attached hydrogens (tertiary/aromatic N) is 1.